The summed E-state index contributed by atoms with van der Waals surface area (Å²) in [6.07, 6.45) is 0. The molecule has 0 atom stereocenters. The Hall–Kier alpha value is -1.42. The second kappa shape index (κ2) is 6.15. The Balaban J connectivity index is 3.42. The summed E-state index contributed by atoms with van der Waals surface area (Å²) in [4.78, 5) is -0.00829. The topological polar surface area (TPSA) is 63.4 Å². The van der Waals surface area contributed by atoms with E-state index in [1.165, 1.54) is 17.4 Å². The van der Waals surface area contributed by atoms with Crippen LogP contribution in [0.2, 0.25) is 0 Å². The van der Waals surface area contributed by atoms with Gasteiger partial charge in [0.1, 0.15) is 5.82 Å². The van der Waals surface area contributed by atoms with Crippen LogP contribution >= 0.6 is 0 Å². The third-order valence-corrected chi connectivity index (χ3v) is 4.74. The Morgan fingerprint density at radius 1 is 1.42 bits per heavy atom. The molecule has 1 rings (SSSR count). The van der Waals surface area contributed by atoms with E-state index in [0.29, 0.717) is 0 Å². The van der Waals surface area contributed by atoms with E-state index in [2.05, 4.69) is 11.8 Å². The highest BCUT2D eigenvalue weighted by Gasteiger charge is 2.25. The third-order valence-electron chi connectivity index (χ3n) is 2.65. The lowest BCUT2D eigenvalue weighted by molar-refractivity contribution is 0.410. The summed E-state index contributed by atoms with van der Waals surface area (Å²) in [6, 6.07) is 3.23. The lowest BCUT2D eigenvalue weighted by atomic mass is 10.2. The second-order valence-corrected chi connectivity index (χ2v) is 6.23. The first-order chi connectivity index (χ1) is 8.80. The molecule has 0 aliphatic heterocycles. The lowest BCUT2D eigenvalue weighted by Crippen LogP contribution is -2.33. The van der Waals surface area contributed by atoms with Crippen molar-refractivity contribution in [1.29, 1.82) is 0 Å². The minimum atomic E-state index is -3.69. The van der Waals surface area contributed by atoms with Crippen LogP contribution in [0.15, 0.2) is 23.1 Å². The molecule has 0 unspecified atom stereocenters. The van der Waals surface area contributed by atoms with E-state index >= 15 is 0 Å². The van der Waals surface area contributed by atoms with Gasteiger partial charge in [-0.25, -0.2) is 12.8 Å². The summed E-state index contributed by atoms with van der Waals surface area (Å²) in [5.74, 6) is 4.60. The molecule has 1 aromatic carbocycles. The third kappa shape index (κ3) is 3.53. The van der Waals surface area contributed by atoms with Crippen molar-refractivity contribution in [3.8, 4) is 11.8 Å². The van der Waals surface area contributed by atoms with E-state index < -0.39 is 15.8 Å². The quantitative estimate of drug-likeness (QED) is 0.847. The van der Waals surface area contributed by atoms with Crippen molar-refractivity contribution in [3.63, 3.8) is 0 Å². The van der Waals surface area contributed by atoms with Crippen LogP contribution in [0.3, 0.4) is 0 Å². The molecule has 6 heteroatoms. The van der Waals surface area contributed by atoms with Crippen LogP contribution in [-0.4, -0.2) is 32.4 Å². The fourth-order valence-electron chi connectivity index (χ4n) is 1.40. The van der Waals surface area contributed by atoms with E-state index in [0.717, 1.165) is 12.1 Å². The molecule has 0 aromatic heterocycles. The summed E-state index contributed by atoms with van der Waals surface area (Å²) in [5, 5.41) is 0. The molecule has 0 heterocycles. The predicted molar refractivity (Wildman–Crippen MR) is 72.4 cm³/mol. The average molecular weight is 284 g/mol. The monoisotopic (exact) mass is 284 g/mol. The zero-order chi connectivity index (χ0) is 14.6. The molecule has 4 nitrogen and oxygen atoms in total. The highest BCUT2D eigenvalue weighted by molar-refractivity contribution is 7.89. The largest absolute Gasteiger partial charge is 0.320 e. The van der Waals surface area contributed by atoms with Gasteiger partial charge in [0.2, 0.25) is 10.0 Å². The number of sulfonamides is 1. The van der Waals surface area contributed by atoms with Gasteiger partial charge in [0.25, 0.3) is 0 Å². The van der Waals surface area contributed by atoms with Crippen molar-refractivity contribution >= 4 is 10.0 Å². The number of nitrogens with zero attached hydrogens (tertiary/aromatic N) is 1. The summed E-state index contributed by atoms with van der Waals surface area (Å²) < 4.78 is 39.2. The van der Waals surface area contributed by atoms with E-state index in [-0.39, 0.29) is 23.0 Å². The molecule has 2 N–H and O–H groups in total. The fraction of sp³-hybridized carbons (Fsp3) is 0.385. The number of rotatable bonds is 3. The normalized spacial score (nSPS) is 11.5. The summed E-state index contributed by atoms with van der Waals surface area (Å²) in [5.41, 5.74) is 5.38. The van der Waals surface area contributed by atoms with Gasteiger partial charge in [-0.05, 0) is 32.0 Å². The van der Waals surface area contributed by atoms with Crippen molar-refractivity contribution in [3.05, 3.63) is 29.6 Å². The molecule has 0 saturated heterocycles. The second-order valence-electron chi connectivity index (χ2n) is 4.26. The van der Waals surface area contributed by atoms with E-state index in [4.69, 9.17) is 5.73 Å². The molecule has 0 aliphatic carbocycles. The Bertz CT molecular complexity index is 615. The first kappa shape index (κ1) is 15.6. The SMILES string of the molecule is CC(C)N(C)S(=O)(=O)c1ccc(F)cc1C#CCN. The van der Waals surface area contributed by atoms with Gasteiger partial charge in [0.15, 0.2) is 0 Å². The maximum atomic E-state index is 13.2. The number of halogens is 1. The van der Waals surface area contributed by atoms with E-state index in [1.54, 1.807) is 13.8 Å². The molecule has 0 saturated carbocycles. The predicted octanol–water partition coefficient (Wildman–Crippen LogP) is 1.16. The maximum absolute atomic E-state index is 13.2. The van der Waals surface area contributed by atoms with Gasteiger partial charge in [0, 0.05) is 18.7 Å². The zero-order valence-electron chi connectivity index (χ0n) is 11.1. The number of nitrogens with two attached hydrogens (primary N) is 1. The molecule has 0 amide bonds. The molecule has 0 spiro atoms. The average Bonchev–Trinajstić information content (AvgIpc) is 2.34. The van der Waals surface area contributed by atoms with Gasteiger partial charge in [-0.2, -0.15) is 4.31 Å². The standard InChI is InChI=1S/C13H17FN2O2S/c1-10(2)16(3)19(17,18)13-7-6-12(14)9-11(13)5-4-8-15/h6-7,9-10H,8,15H2,1-3H3. The molecular weight excluding hydrogens is 267 g/mol. The van der Waals surface area contributed by atoms with Gasteiger partial charge in [-0.1, -0.05) is 11.8 Å². The number of benzene rings is 1. The van der Waals surface area contributed by atoms with Crippen molar-refractivity contribution in [2.24, 2.45) is 5.73 Å². The van der Waals surface area contributed by atoms with Gasteiger partial charge in [0.05, 0.1) is 11.4 Å². The molecule has 0 fully saturated rings. The molecule has 0 radical (unpaired) electrons. The van der Waals surface area contributed by atoms with Gasteiger partial charge >= 0.3 is 0 Å². The Morgan fingerprint density at radius 2 is 2.05 bits per heavy atom. The fourth-order valence-corrected chi connectivity index (χ4v) is 2.90. The van der Waals surface area contributed by atoms with Crippen molar-refractivity contribution in [1.82, 2.24) is 4.31 Å². The highest BCUT2D eigenvalue weighted by Crippen LogP contribution is 2.21. The molecule has 0 aliphatic rings. The zero-order valence-corrected chi connectivity index (χ0v) is 12.0. The first-order valence-corrected chi connectivity index (χ1v) is 7.21. The lowest BCUT2D eigenvalue weighted by Gasteiger charge is -2.21. The van der Waals surface area contributed by atoms with Crippen LogP contribution in [0.1, 0.15) is 19.4 Å². The van der Waals surface area contributed by atoms with Crippen LogP contribution in [0.25, 0.3) is 0 Å². The van der Waals surface area contributed by atoms with Gasteiger partial charge < -0.3 is 5.73 Å². The van der Waals surface area contributed by atoms with Crippen LogP contribution < -0.4 is 5.73 Å². The number of hydrogen-bond donors (Lipinski definition) is 1. The van der Waals surface area contributed by atoms with Crippen LogP contribution in [0.5, 0.6) is 0 Å². The number of hydrogen-bond acceptors (Lipinski definition) is 3. The van der Waals surface area contributed by atoms with Crippen molar-refractivity contribution < 1.29 is 12.8 Å². The smallest absolute Gasteiger partial charge is 0.244 e. The molecule has 0 bridgehead atoms. The summed E-state index contributed by atoms with van der Waals surface area (Å²) in [7, 11) is -2.22. The van der Waals surface area contributed by atoms with Gasteiger partial charge in [-0.15, -0.1) is 0 Å². The Kier molecular flexibility index (Phi) is 5.06. The molecule has 19 heavy (non-hydrogen) atoms. The van der Waals surface area contributed by atoms with E-state index in [1.807, 2.05) is 0 Å². The van der Waals surface area contributed by atoms with Gasteiger partial charge in [-0.3, -0.25) is 0 Å². The first-order valence-electron chi connectivity index (χ1n) is 5.77. The minimum absolute atomic E-state index is 0.00829. The van der Waals surface area contributed by atoms with Crippen molar-refractivity contribution in [2.75, 3.05) is 13.6 Å². The van der Waals surface area contributed by atoms with Crippen LogP contribution in [0.4, 0.5) is 4.39 Å². The van der Waals surface area contributed by atoms with Crippen LogP contribution in [0, 0.1) is 17.7 Å². The summed E-state index contributed by atoms with van der Waals surface area (Å²) in [6.45, 7) is 3.59. The molecule has 104 valence electrons. The summed E-state index contributed by atoms with van der Waals surface area (Å²) >= 11 is 0. The van der Waals surface area contributed by atoms with Crippen LogP contribution in [-0.2, 0) is 10.0 Å². The van der Waals surface area contributed by atoms with E-state index in [9.17, 15) is 12.8 Å². The maximum Gasteiger partial charge on any atom is 0.244 e. The highest BCUT2D eigenvalue weighted by atomic mass is 32.2. The Morgan fingerprint density at radius 3 is 2.58 bits per heavy atom. The minimum Gasteiger partial charge on any atom is -0.320 e. The van der Waals surface area contributed by atoms with Crippen molar-refractivity contribution in [2.45, 2.75) is 24.8 Å². The Labute approximate surface area is 113 Å². The molecule has 1 aromatic rings. The molecular formula is C13H17FN2O2S.